The van der Waals surface area contributed by atoms with Crippen LogP contribution in [0.2, 0.25) is 0 Å². The third-order valence-corrected chi connectivity index (χ3v) is 2.29. The zero-order valence-corrected chi connectivity index (χ0v) is 10.8. The second-order valence-corrected chi connectivity index (χ2v) is 4.39. The summed E-state index contributed by atoms with van der Waals surface area (Å²) in [5.41, 5.74) is 0. The Morgan fingerprint density at radius 3 is 1.82 bits per heavy atom. The Labute approximate surface area is 118 Å². The molecular formula is C11H11F9O2. The van der Waals surface area contributed by atoms with Crippen LogP contribution in [-0.2, 0) is 9.53 Å². The van der Waals surface area contributed by atoms with E-state index < -0.39 is 55.8 Å². The van der Waals surface area contributed by atoms with E-state index in [2.05, 4.69) is 11.3 Å². The highest BCUT2D eigenvalue weighted by Gasteiger charge is 2.62. The average molecular weight is 346 g/mol. The summed E-state index contributed by atoms with van der Waals surface area (Å²) in [7, 11) is 0. The predicted octanol–water partition coefficient (Wildman–Crippen LogP) is 4.35. The Morgan fingerprint density at radius 2 is 1.41 bits per heavy atom. The summed E-state index contributed by atoms with van der Waals surface area (Å²) in [4.78, 5) is 10.5. The van der Waals surface area contributed by atoms with Crippen LogP contribution in [0.25, 0.3) is 0 Å². The summed E-state index contributed by atoms with van der Waals surface area (Å²) < 4.78 is 117. The van der Waals surface area contributed by atoms with Gasteiger partial charge in [-0.1, -0.05) is 6.58 Å². The van der Waals surface area contributed by atoms with Crippen LogP contribution in [0.15, 0.2) is 12.7 Å². The summed E-state index contributed by atoms with van der Waals surface area (Å²) >= 11 is 0. The lowest BCUT2D eigenvalue weighted by Crippen LogP contribution is -2.43. The second-order valence-electron chi connectivity index (χ2n) is 4.39. The van der Waals surface area contributed by atoms with Crippen LogP contribution in [0.1, 0.15) is 19.3 Å². The van der Waals surface area contributed by atoms with Crippen LogP contribution in [0, 0.1) is 0 Å². The zero-order chi connectivity index (χ0) is 17.8. The highest BCUT2D eigenvalue weighted by atomic mass is 19.4. The molecule has 0 aliphatic heterocycles. The largest absolute Gasteiger partial charge is 0.462 e. The Hall–Kier alpha value is -1.42. The Bertz CT molecular complexity index is 401. The number of carbonyl (C=O) groups excluding carboxylic acids is 1. The quantitative estimate of drug-likeness (QED) is 0.371. The summed E-state index contributed by atoms with van der Waals surface area (Å²) in [6.07, 6.45) is -12.7. The van der Waals surface area contributed by atoms with Gasteiger partial charge in [0.2, 0.25) is 0 Å². The van der Waals surface area contributed by atoms with E-state index in [9.17, 15) is 44.3 Å². The van der Waals surface area contributed by atoms with Gasteiger partial charge in [-0.2, -0.15) is 22.0 Å². The SMILES string of the molecule is C=CC(=O)OCCC(F)(F)CC(F)(F)CC(F)(F)C(F)(F)F. The summed E-state index contributed by atoms with van der Waals surface area (Å²) in [6.45, 7) is 1.90. The van der Waals surface area contributed by atoms with Crippen molar-refractivity contribution in [3.8, 4) is 0 Å². The van der Waals surface area contributed by atoms with Gasteiger partial charge in [0.05, 0.1) is 19.4 Å². The van der Waals surface area contributed by atoms with Crippen LogP contribution in [0.3, 0.4) is 0 Å². The standard InChI is InChI=1S/C11H11F9O2/c1-2-7(21)22-4-3-8(12,13)5-9(14,15)6-10(16,17)11(18,19)20/h2H,1,3-6H2. The number of halogens is 9. The molecule has 0 amide bonds. The van der Waals surface area contributed by atoms with Gasteiger partial charge in [0, 0.05) is 12.5 Å². The third-order valence-electron chi connectivity index (χ3n) is 2.29. The molecule has 0 atom stereocenters. The fourth-order valence-electron chi connectivity index (χ4n) is 1.31. The van der Waals surface area contributed by atoms with Crippen LogP contribution in [0.4, 0.5) is 39.5 Å². The van der Waals surface area contributed by atoms with Gasteiger partial charge in [0.15, 0.2) is 0 Å². The molecule has 0 aliphatic rings. The molecule has 22 heavy (non-hydrogen) atoms. The highest BCUT2D eigenvalue weighted by molar-refractivity contribution is 5.81. The van der Waals surface area contributed by atoms with Crippen LogP contribution < -0.4 is 0 Å². The first-order chi connectivity index (χ1) is 9.62. The summed E-state index contributed by atoms with van der Waals surface area (Å²) in [5, 5.41) is 0. The van der Waals surface area contributed by atoms with E-state index >= 15 is 0 Å². The van der Waals surface area contributed by atoms with Crippen molar-refractivity contribution < 1.29 is 49.0 Å². The fraction of sp³-hybridized carbons (Fsp3) is 0.727. The van der Waals surface area contributed by atoms with E-state index in [0.717, 1.165) is 0 Å². The molecule has 0 heterocycles. The smallest absolute Gasteiger partial charge is 0.453 e. The van der Waals surface area contributed by atoms with Crippen molar-refractivity contribution in [2.24, 2.45) is 0 Å². The molecule has 0 aromatic carbocycles. The minimum absolute atomic E-state index is 0.608. The molecule has 0 aliphatic carbocycles. The molecule has 0 aromatic heterocycles. The van der Waals surface area contributed by atoms with Gasteiger partial charge < -0.3 is 4.74 Å². The normalized spacial score (nSPS) is 13.9. The summed E-state index contributed by atoms with van der Waals surface area (Å²) in [6, 6.07) is 0. The number of rotatable bonds is 8. The van der Waals surface area contributed by atoms with E-state index in [-0.39, 0.29) is 0 Å². The Balaban J connectivity index is 4.67. The molecule has 11 heteroatoms. The van der Waals surface area contributed by atoms with Gasteiger partial charge in [-0.3, -0.25) is 0 Å². The molecule has 0 radical (unpaired) electrons. The lowest BCUT2D eigenvalue weighted by Gasteiger charge is -2.27. The predicted molar refractivity (Wildman–Crippen MR) is 55.9 cm³/mol. The lowest BCUT2D eigenvalue weighted by molar-refractivity contribution is -0.304. The van der Waals surface area contributed by atoms with E-state index in [4.69, 9.17) is 0 Å². The van der Waals surface area contributed by atoms with Gasteiger partial charge in [0.1, 0.15) is 0 Å². The van der Waals surface area contributed by atoms with Gasteiger partial charge >= 0.3 is 18.1 Å². The number of hydrogen-bond acceptors (Lipinski definition) is 2. The molecule has 0 N–H and O–H groups in total. The van der Waals surface area contributed by atoms with Crippen molar-refractivity contribution in [1.29, 1.82) is 0 Å². The maximum absolute atomic E-state index is 13.1. The topological polar surface area (TPSA) is 26.3 Å². The van der Waals surface area contributed by atoms with Crippen molar-refractivity contribution in [2.75, 3.05) is 6.61 Å². The maximum atomic E-state index is 13.1. The maximum Gasteiger partial charge on any atom is 0.453 e. The molecular weight excluding hydrogens is 335 g/mol. The number of esters is 1. The number of ether oxygens (including phenoxy) is 1. The van der Waals surface area contributed by atoms with Crippen LogP contribution in [0.5, 0.6) is 0 Å². The van der Waals surface area contributed by atoms with E-state index in [1.54, 1.807) is 0 Å². The van der Waals surface area contributed by atoms with Crippen LogP contribution >= 0.6 is 0 Å². The third kappa shape index (κ3) is 7.03. The molecule has 0 unspecified atom stereocenters. The summed E-state index contributed by atoms with van der Waals surface area (Å²) in [5.74, 6) is -16.2. The number of alkyl halides is 9. The van der Waals surface area contributed by atoms with Crippen molar-refractivity contribution in [3.05, 3.63) is 12.7 Å². The van der Waals surface area contributed by atoms with Crippen LogP contribution in [-0.4, -0.2) is 36.5 Å². The van der Waals surface area contributed by atoms with Crippen molar-refractivity contribution in [2.45, 2.75) is 43.2 Å². The first-order valence-electron chi connectivity index (χ1n) is 5.61. The lowest BCUT2D eigenvalue weighted by atomic mass is 10.0. The number of carbonyl (C=O) groups is 1. The molecule has 0 aromatic rings. The minimum Gasteiger partial charge on any atom is -0.462 e. The molecule has 2 nitrogen and oxygen atoms in total. The molecule has 0 bridgehead atoms. The van der Waals surface area contributed by atoms with Crippen molar-refractivity contribution in [1.82, 2.24) is 0 Å². The highest BCUT2D eigenvalue weighted by Crippen LogP contribution is 2.46. The monoisotopic (exact) mass is 346 g/mol. The van der Waals surface area contributed by atoms with Gasteiger partial charge in [0.25, 0.3) is 11.8 Å². The molecule has 0 saturated carbocycles. The zero-order valence-electron chi connectivity index (χ0n) is 10.8. The van der Waals surface area contributed by atoms with Gasteiger partial charge in [-0.05, 0) is 0 Å². The molecule has 0 spiro atoms. The van der Waals surface area contributed by atoms with Crippen molar-refractivity contribution in [3.63, 3.8) is 0 Å². The van der Waals surface area contributed by atoms with E-state index in [1.165, 1.54) is 0 Å². The molecule has 0 saturated heterocycles. The Kier molecular flexibility index (Phi) is 6.34. The number of hydrogen-bond donors (Lipinski definition) is 0. The van der Waals surface area contributed by atoms with E-state index in [0.29, 0.717) is 6.08 Å². The fourth-order valence-corrected chi connectivity index (χ4v) is 1.31. The van der Waals surface area contributed by atoms with E-state index in [1.807, 2.05) is 0 Å². The Morgan fingerprint density at radius 1 is 0.909 bits per heavy atom. The van der Waals surface area contributed by atoms with Gasteiger partial charge in [-0.25, -0.2) is 22.4 Å². The molecule has 0 rings (SSSR count). The van der Waals surface area contributed by atoms with Gasteiger partial charge in [-0.15, -0.1) is 0 Å². The molecule has 0 fully saturated rings. The van der Waals surface area contributed by atoms with Crippen molar-refractivity contribution >= 4 is 5.97 Å². The molecule has 130 valence electrons. The second kappa shape index (κ2) is 6.78. The first-order valence-corrected chi connectivity index (χ1v) is 5.61. The first kappa shape index (κ1) is 20.6. The average Bonchev–Trinajstić information content (AvgIpc) is 2.23. The minimum atomic E-state index is -6.27.